The van der Waals surface area contributed by atoms with Crippen LogP contribution < -0.4 is 4.90 Å². The summed E-state index contributed by atoms with van der Waals surface area (Å²) in [5, 5.41) is 8.86. The molecule has 0 saturated carbocycles. The third-order valence-corrected chi connectivity index (χ3v) is 6.54. The molecule has 188 valence electrons. The Bertz CT molecular complexity index is 1100. The van der Waals surface area contributed by atoms with Gasteiger partial charge in [-0.1, -0.05) is 24.2 Å². The maximum absolute atomic E-state index is 5.87. The normalized spacial score (nSPS) is 17.6. The van der Waals surface area contributed by atoms with E-state index in [9.17, 15) is 0 Å². The summed E-state index contributed by atoms with van der Waals surface area (Å²) < 4.78 is 0. The molecule has 0 radical (unpaired) electrons. The SMILES string of the molecule is C/C(=N\OCC(C)(C)CO/N=C1\CCCc2c(N3CCCC3)cc(C)nc21)c1cc(C)cc(C)n1. The van der Waals surface area contributed by atoms with Gasteiger partial charge in [0, 0.05) is 41.1 Å². The molecule has 1 saturated heterocycles. The Kier molecular flexibility index (Phi) is 7.72. The smallest absolute Gasteiger partial charge is 0.125 e. The minimum Gasteiger partial charge on any atom is -0.395 e. The average molecular weight is 478 g/mol. The van der Waals surface area contributed by atoms with Crippen LogP contribution in [0.25, 0.3) is 0 Å². The van der Waals surface area contributed by atoms with E-state index in [0.717, 1.165) is 72.1 Å². The topological polar surface area (TPSA) is 72.2 Å². The molecule has 2 aliphatic rings. The van der Waals surface area contributed by atoms with Crippen molar-refractivity contribution in [1.82, 2.24) is 9.97 Å². The van der Waals surface area contributed by atoms with Crippen LogP contribution in [0.4, 0.5) is 5.69 Å². The van der Waals surface area contributed by atoms with Crippen molar-refractivity contribution in [2.24, 2.45) is 15.7 Å². The lowest BCUT2D eigenvalue weighted by atomic mass is 9.92. The van der Waals surface area contributed by atoms with Gasteiger partial charge in [0.05, 0.1) is 11.4 Å². The Morgan fingerprint density at radius 1 is 0.943 bits per heavy atom. The molecule has 1 aliphatic carbocycles. The second kappa shape index (κ2) is 10.8. The largest absolute Gasteiger partial charge is 0.395 e. The molecule has 0 unspecified atom stereocenters. The number of aryl methyl sites for hydroxylation is 3. The molecule has 0 aromatic carbocycles. The highest BCUT2D eigenvalue weighted by Gasteiger charge is 2.26. The molecule has 0 atom stereocenters. The van der Waals surface area contributed by atoms with Crippen LogP contribution in [0, 0.1) is 26.2 Å². The molecule has 2 aromatic heterocycles. The Morgan fingerprint density at radius 3 is 2.40 bits per heavy atom. The van der Waals surface area contributed by atoms with Gasteiger partial charge >= 0.3 is 0 Å². The summed E-state index contributed by atoms with van der Waals surface area (Å²) in [7, 11) is 0. The number of rotatable bonds is 8. The number of hydrogen-bond acceptors (Lipinski definition) is 7. The number of hydrogen-bond donors (Lipinski definition) is 0. The van der Waals surface area contributed by atoms with Gasteiger partial charge in [-0.25, -0.2) is 0 Å². The van der Waals surface area contributed by atoms with E-state index in [1.165, 1.54) is 24.1 Å². The molecule has 1 aliphatic heterocycles. The van der Waals surface area contributed by atoms with Crippen molar-refractivity contribution in [3.8, 4) is 0 Å². The molecule has 4 rings (SSSR count). The quantitative estimate of drug-likeness (QED) is 0.369. The molecule has 7 heteroatoms. The van der Waals surface area contributed by atoms with Gasteiger partial charge in [0.25, 0.3) is 0 Å². The van der Waals surface area contributed by atoms with Crippen molar-refractivity contribution in [3.05, 3.63) is 52.1 Å². The summed E-state index contributed by atoms with van der Waals surface area (Å²) in [5.74, 6) is 0. The minimum atomic E-state index is -0.248. The van der Waals surface area contributed by atoms with Crippen molar-refractivity contribution in [3.63, 3.8) is 0 Å². The molecule has 3 heterocycles. The van der Waals surface area contributed by atoms with Crippen LogP contribution in [0.3, 0.4) is 0 Å². The van der Waals surface area contributed by atoms with Gasteiger partial charge in [-0.05, 0) is 83.6 Å². The van der Waals surface area contributed by atoms with E-state index in [2.05, 4.69) is 54.0 Å². The van der Waals surface area contributed by atoms with Gasteiger partial charge in [0.15, 0.2) is 0 Å². The van der Waals surface area contributed by atoms with E-state index in [0.29, 0.717) is 13.2 Å². The Labute approximate surface area is 209 Å². The molecule has 0 bridgehead atoms. The van der Waals surface area contributed by atoms with Crippen molar-refractivity contribution >= 4 is 17.1 Å². The molecule has 0 spiro atoms. The molecule has 1 fully saturated rings. The van der Waals surface area contributed by atoms with Crippen LogP contribution in [0.5, 0.6) is 0 Å². The first kappa shape index (κ1) is 25.1. The van der Waals surface area contributed by atoms with Gasteiger partial charge in [-0.3, -0.25) is 9.97 Å². The molecule has 2 aromatic rings. The van der Waals surface area contributed by atoms with Crippen LogP contribution >= 0.6 is 0 Å². The fourth-order valence-electron chi connectivity index (χ4n) is 4.75. The van der Waals surface area contributed by atoms with Crippen molar-refractivity contribution in [1.29, 1.82) is 0 Å². The van der Waals surface area contributed by atoms with Crippen molar-refractivity contribution in [2.75, 3.05) is 31.2 Å². The number of anilines is 1. The van der Waals surface area contributed by atoms with E-state index in [4.69, 9.17) is 14.7 Å². The first-order chi connectivity index (χ1) is 16.7. The van der Waals surface area contributed by atoms with Crippen LogP contribution in [0.1, 0.15) is 80.4 Å². The highest BCUT2D eigenvalue weighted by atomic mass is 16.6. The fourth-order valence-corrected chi connectivity index (χ4v) is 4.75. The Morgan fingerprint density at radius 2 is 1.66 bits per heavy atom. The summed E-state index contributed by atoms with van der Waals surface area (Å²) >= 11 is 0. The maximum Gasteiger partial charge on any atom is 0.125 e. The number of fused-ring (bicyclic) bond motifs is 1. The third-order valence-electron chi connectivity index (χ3n) is 6.54. The van der Waals surface area contributed by atoms with E-state index in [1.807, 2.05) is 26.0 Å². The summed E-state index contributed by atoms with van der Waals surface area (Å²) in [4.78, 5) is 23.5. The molecule has 7 nitrogen and oxygen atoms in total. The summed E-state index contributed by atoms with van der Waals surface area (Å²) in [6.07, 6.45) is 5.56. The lowest BCUT2D eigenvalue weighted by Gasteiger charge is -2.27. The van der Waals surface area contributed by atoms with Crippen molar-refractivity contribution < 1.29 is 9.68 Å². The number of nitrogens with zero attached hydrogens (tertiary/aromatic N) is 5. The monoisotopic (exact) mass is 477 g/mol. The second-order valence-corrected chi connectivity index (χ2v) is 10.8. The lowest BCUT2D eigenvalue weighted by molar-refractivity contribution is -0.000158. The van der Waals surface area contributed by atoms with Gasteiger partial charge in [-0.15, -0.1) is 0 Å². The number of aromatic nitrogens is 2. The zero-order valence-electron chi connectivity index (χ0n) is 22.1. The highest BCUT2D eigenvalue weighted by molar-refractivity contribution is 6.02. The summed E-state index contributed by atoms with van der Waals surface area (Å²) in [6, 6.07) is 6.31. The zero-order valence-corrected chi connectivity index (χ0v) is 22.1. The average Bonchev–Trinajstić information content (AvgIpc) is 3.33. The lowest BCUT2D eigenvalue weighted by Crippen LogP contribution is -2.26. The van der Waals surface area contributed by atoms with E-state index < -0.39 is 0 Å². The maximum atomic E-state index is 5.87. The third kappa shape index (κ3) is 6.38. The van der Waals surface area contributed by atoms with Crippen LogP contribution in [-0.4, -0.2) is 47.7 Å². The van der Waals surface area contributed by atoms with Gasteiger partial charge in [0.1, 0.15) is 24.6 Å². The molecule has 35 heavy (non-hydrogen) atoms. The Balaban J connectivity index is 1.38. The minimum absolute atomic E-state index is 0.248. The van der Waals surface area contributed by atoms with E-state index in [-0.39, 0.29) is 5.41 Å². The number of pyridine rings is 2. The highest BCUT2D eigenvalue weighted by Crippen LogP contribution is 2.32. The van der Waals surface area contributed by atoms with Crippen LogP contribution in [0.15, 0.2) is 28.5 Å². The summed E-state index contributed by atoms with van der Waals surface area (Å²) in [6.45, 7) is 15.4. The Hall–Kier alpha value is -2.96. The zero-order chi connectivity index (χ0) is 25.0. The second-order valence-electron chi connectivity index (χ2n) is 10.8. The molecule has 0 amide bonds. The number of oxime groups is 2. The van der Waals surface area contributed by atoms with Gasteiger partial charge < -0.3 is 14.6 Å². The van der Waals surface area contributed by atoms with E-state index >= 15 is 0 Å². The first-order valence-electron chi connectivity index (χ1n) is 12.8. The van der Waals surface area contributed by atoms with Gasteiger partial charge in [0.2, 0.25) is 0 Å². The van der Waals surface area contributed by atoms with Crippen molar-refractivity contribution in [2.45, 2.75) is 73.6 Å². The molecular formula is C28H39N5O2. The molecular weight excluding hydrogens is 438 g/mol. The van der Waals surface area contributed by atoms with Gasteiger partial charge in [-0.2, -0.15) is 0 Å². The predicted octanol–water partition coefficient (Wildman–Crippen LogP) is 5.53. The standard InChI is InChI=1S/C28H39N5O2/c1-19-14-20(2)29-25(15-19)22(4)31-34-17-28(5,6)18-35-32-24-11-9-10-23-26(33-12-7-8-13-33)16-21(3)30-27(23)24/h14-16H,7-13,17-18H2,1-6H3/b31-22+,32-24+. The first-order valence-corrected chi connectivity index (χ1v) is 12.8. The van der Waals surface area contributed by atoms with E-state index in [1.54, 1.807) is 0 Å². The predicted molar refractivity (Wildman–Crippen MR) is 142 cm³/mol. The van der Waals surface area contributed by atoms with Crippen LogP contribution in [-0.2, 0) is 16.1 Å². The fraction of sp³-hybridized carbons (Fsp3) is 0.571. The molecule has 0 N–H and O–H groups in total. The summed E-state index contributed by atoms with van der Waals surface area (Å²) in [5.41, 5.74) is 9.20. The van der Waals surface area contributed by atoms with Crippen LogP contribution in [0.2, 0.25) is 0 Å².